The zero-order valence-corrected chi connectivity index (χ0v) is 14.0. The van der Waals surface area contributed by atoms with Gasteiger partial charge in [0.05, 0.1) is 13.3 Å². The molecule has 25 heavy (non-hydrogen) atoms. The van der Waals surface area contributed by atoms with E-state index in [1.807, 2.05) is 36.5 Å². The number of methoxy groups -OCH3 is 1. The summed E-state index contributed by atoms with van der Waals surface area (Å²) in [6.07, 6.45) is 2.76. The molecule has 6 nitrogen and oxygen atoms in total. The third kappa shape index (κ3) is 3.98. The van der Waals surface area contributed by atoms with Crippen molar-refractivity contribution in [1.82, 2.24) is 10.4 Å². The van der Waals surface area contributed by atoms with Gasteiger partial charge in [-0.3, -0.25) is 4.79 Å². The van der Waals surface area contributed by atoms with E-state index in [9.17, 15) is 4.79 Å². The number of hydrazone groups is 1. The monoisotopic (exact) mass is 337 g/mol. The number of fused-ring (bicyclic) bond motifs is 1. The van der Waals surface area contributed by atoms with Crippen molar-refractivity contribution in [3.63, 3.8) is 0 Å². The number of nitrogens with zero attached hydrogens (tertiary/aromatic N) is 1. The molecule has 0 aliphatic carbocycles. The maximum atomic E-state index is 12.1. The lowest BCUT2D eigenvalue weighted by Crippen LogP contribution is -2.33. The van der Waals surface area contributed by atoms with Crippen LogP contribution in [0.2, 0.25) is 0 Å². The molecule has 128 valence electrons. The third-order valence-corrected chi connectivity index (χ3v) is 3.72. The zero-order valence-electron chi connectivity index (χ0n) is 14.0. The predicted octanol–water partition coefficient (Wildman–Crippen LogP) is 3.09. The van der Waals surface area contributed by atoms with Gasteiger partial charge < -0.3 is 14.5 Å². The molecule has 3 rings (SSSR count). The molecule has 2 N–H and O–H groups in total. The van der Waals surface area contributed by atoms with E-state index in [0.29, 0.717) is 11.5 Å². The van der Waals surface area contributed by atoms with E-state index in [-0.39, 0.29) is 5.91 Å². The van der Waals surface area contributed by atoms with Gasteiger partial charge in [-0.05, 0) is 25.1 Å². The number of H-pyrrole nitrogens is 1. The summed E-state index contributed by atoms with van der Waals surface area (Å²) in [6, 6.07) is 15.0. The topological polar surface area (TPSA) is 75.7 Å². The molecule has 0 saturated carbocycles. The molecule has 0 aliphatic rings. The van der Waals surface area contributed by atoms with Crippen molar-refractivity contribution in [2.45, 2.75) is 13.0 Å². The van der Waals surface area contributed by atoms with Crippen LogP contribution >= 0.6 is 0 Å². The lowest BCUT2D eigenvalue weighted by Gasteiger charge is -2.13. The highest BCUT2D eigenvalue weighted by Gasteiger charge is 2.14. The highest BCUT2D eigenvalue weighted by Crippen LogP contribution is 2.20. The van der Waals surface area contributed by atoms with Crippen LogP contribution in [0.15, 0.2) is 59.8 Å². The number of benzene rings is 2. The van der Waals surface area contributed by atoms with Crippen LogP contribution in [0.3, 0.4) is 0 Å². The van der Waals surface area contributed by atoms with Crippen LogP contribution in [0.4, 0.5) is 0 Å². The Labute approximate surface area is 145 Å². The van der Waals surface area contributed by atoms with E-state index in [1.165, 1.54) is 0 Å². The Bertz CT molecular complexity index is 902. The minimum absolute atomic E-state index is 0.334. The van der Waals surface area contributed by atoms with E-state index in [4.69, 9.17) is 9.47 Å². The molecular weight excluding hydrogens is 318 g/mol. The van der Waals surface area contributed by atoms with Gasteiger partial charge in [0.15, 0.2) is 6.10 Å². The summed E-state index contributed by atoms with van der Waals surface area (Å²) in [7, 11) is 1.58. The molecule has 1 amide bonds. The van der Waals surface area contributed by atoms with Crippen molar-refractivity contribution in [3.05, 3.63) is 60.3 Å². The summed E-state index contributed by atoms with van der Waals surface area (Å²) in [5.74, 6) is 0.893. The van der Waals surface area contributed by atoms with Crippen LogP contribution in [-0.4, -0.2) is 30.3 Å². The molecule has 3 aromatic rings. The minimum atomic E-state index is -0.688. The number of carbonyl (C=O) groups is 1. The lowest BCUT2D eigenvalue weighted by molar-refractivity contribution is -0.127. The van der Waals surface area contributed by atoms with E-state index in [1.54, 1.807) is 38.4 Å². The van der Waals surface area contributed by atoms with Gasteiger partial charge in [-0.15, -0.1) is 0 Å². The molecule has 2 aromatic carbocycles. The minimum Gasteiger partial charge on any atom is -0.497 e. The Balaban J connectivity index is 1.59. The molecule has 1 atom stereocenters. The summed E-state index contributed by atoms with van der Waals surface area (Å²) in [5.41, 5.74) is 4.41. The fourth-order valence-corrected chi connectivity index (χ4v) is 2.39. The van der Waals surface area contributed by atoms with Crippen LogP contribution in [0.25, 0.3) is 10.9 Å². The normalized spacial score (nSPS) is 12.2. The van der Waals surface area contributed by atoms with Gasteiger partial charge >= 0.3 is 0 Å². The molecule has 0 bridgehead atoms. The van der Waals surface area contributed by atoms with Crippen molar-refractivity contribution in [2.75, 3.05) is 7.11 Å². The van der Waals surface area contributed by atoms with Gasteiger partial charge in [-0.25, -0.2) is 5.43 Å². The van der Waals surface area contributed by atoms with Crippen LogP contribution in [-0.2, 0) is 4.79 Å². The highest BCUT2D eigenvalue weighted by molar-refractivity contribution is 5.99. The number of nitrogens with one attached hydrogen (secondary N) is 2. The van der Waals surface area contributed by atoms with Crippen LogP contribution in [0, 0.1) is 0 Å². The quantitative estimate of drug-likeness (QED) is 0.536. The number of carbonyl (C=O) groups excluding carboxylic acids is 1. The second kappa shape index (κ2) is 7.53. The van der Waals surface area contributed by atoms with Crippen molar-refractivity contribution in [2.24, 2.45) is 5.10 Å². The Kier molecular flexibility index (Phi) is 4.99. The third-order valence-electron chi connectivity index (χ3n) is 3.72. The molecule has 1 aromatic heterocycles. The Hall–Kier alpha value is -3.28. The molecule has 0 fully saturated rings. The molecular formula is C19H19N3O3. The molecule has 0 aliphatic heterocycles. The Morgan fingerprint density at radius 2 is 2.00 bits per heavy atom. The number of hydrogen-bond donors (Lipinski definition) is 2. The first-order chi connectivity index (χ1) is 12.2. The fourth-order valence-electron chi connectivity index (χ4n) is 2.39. The van der Waals surface area contributed by atoms with E-state index in [0.717, 1.165) is 16.5 Å². The average molecular weight is 337 g/mol. The first-order valence-electron chi connectivity index (χ1n) is 7.87. The van der Waals surface area contributed by atoms with Gasteiger partial charge in [0.2, 0.25) is 0 Å². The zero-order chi connectivity index (χ0) is 17.6. The molecule has 6 heteroatoms. The van der Waals surface area contributed by atoms with Crippen LogP contribution in [0.5, 0.6) is 11.5 Å². The molecule has 0 radical (unpaired) electrons. The van der Waals surface area contributed by atoms with Crippen molar-refractivity contribution in [3.8, 4) is 11.5 Å². The van der Waals surface area contributed by atoms with Gasteiger partial charge in [0, 0.05) is 28.7 Å². The first kappa shape index (κ1) is 16.6. The largest absolute Gasteiger partial charge is 0.497 e. The van der Waals surface area contributed by atoms with Crippen molar-refractivity contribution >= 4 is 23.0 Å². The second-order valence-electron chi connectivity index (χ2n) is 5.46. The molecule has 0 spiro atoms. The van der Waals surface area contributed by atoms with E-state index in [2.05, 4.69) is 15.5 Å². The molecule has 1 heterocycles. The summed E-state index contributed by atoms with van der Waals surface area (Å²) in [6.45, 7) is 1.66. The van der Waals surface area contributed by atoms with Crippen molar-refractivity contribution < 1.29 is 14.3 Å². The molecule has 0 saturated heterocycles. The van der Waals surface area contributed by atoms with E-state index >= 15 is 0 Å². The summed E-state index contributed by atoms with van der Waals surface area (Å²) >= 11 is 0. The highest BCUT2D eigenvalue weighted by atomic mass is 16.5. The maximum Gasteiger partial charge on any atom is 0.280 e. The first-order valence-corrected chi connectivity index (χ1v) is 7.87. The Morgan fingerprint density at radius 3 is 2.84 bits per heavy atom. The number of aromatic amines is 1. The summed E-state index contributed by atoms with van der Waals surface area (Å²) in [5, 5.41) is 5.05. The summed E-state index contributed by atoms with van der Waals surface area (Å²) < 4.78 is 10.7. The number of rotatable bonds is 6. The number of aromatic nitrogens is 1. The number of amides is 1. The van der Waals surface area contributed by atoms with E-state index < -0.39 is 6.10 Å². The predicted molar refractivity (Wildman–Crippen MR) is 97.1 cm³/mol. The SMILES string of the molecule is COc1cccc(OC(C)C(=O)N/N=C/c2c[nH]c3ccccc23)c1. The van der Waals surface area contributed by atoms with Gasteiger partial charge in [0.25, 0.3) is 5.91 Å². The average Bonchev–Trinajstić information content (AvgIpc) is 3.05. The molecule has 1 unspecified atom stereocenters. The Morgan fingerprint density at radius 1 is 1.20 bits per heavy atom. The van der Waals surface area contributed by atoms with Gasteiger partial charge in [0.1, 0.15) is 11.5 Å². The second-order valence-corrected chi connectivity index (χ2v) is 5.46. The maximum absolute atomic E-state index is 12.1. The summed E-state index contributed by atoms with van der Waals surface area (Å²) in [4.78, 5) is 15.3. The standard InChI is InChI=1S/C19H19N3O3/c1-13(25-16-7-5-6-15(10-16)24-2)19(23)22-21-12-14-11-20-18-9-4-3-8-17(14)18/h3-13,20H,1-2H3,(H,22,23)/b21-12+. The van der Waals surface area contributed by atoms with Gasteiger partial charge in [-0.2, -0.15) is 5.10 Å². The number of para-hydroxylation sites is 1. The lowest BCUT2D eigenvalue weighted by atomic mass is 10.2. The number of hydrogen-bond acceptors (Lipinski definition) is 4. The fraction of sp³-hybridized carbons (Fsp3) is 0.158. The smallest absolute Gasteiger partial charge is 0.280 e. The van der Waals surface area contributed by atoms with Crippen molar-refractivity contribution in [1.29, 1.82) is 0 Å². The number of ether oxygens (including phenoxy) is 2. The van der Waals surface area contributed by atoms with Gasteiger partial charge in [-0.1, -0.05) is 24.3 Å². The van der Waals surface area contributed by atoms with Crippen LogP contribution < -0.4 is 14.9 Å². The van der Waals surface area contributed by atoms with Crippen LogP contribution in [0.1, 0.15) is 12.5 Å².